The van der Waals surface area contributed by atoms with Crippen molar-refractivity contribution < 1.29 is 0 Å². The Labute approximate surface area is 115 Å². The molecule has 1 aromatic heterocycles. The average Bonchev–Trinajstić information content (AvgIpc) is 2.38. The van der Waals surface area contributed by atoms with E-state index in [1.165, 1.54) is 0 Å². The Balaban J connectivity index is 2.45. The van der Waals surface area contributed by atoms with Gasteiger partial charge in [0.25, 0.3) is 5.56 Å². The van der Waals surface area contributed by atoms with Gasteiger partial charge in [-0.1, -0.05) is 19.1 Å². The first-order valence-corrected chi connectivity index (χ1v) is 7.57. The standard InChI is InChI=1S/C13H16N2OS2/c1-9(18-2)7-8-15-12(16)10-5-3-4-6-11(10)14-13(15)17/h3-6,9H,7-8H2,1-2H3,(H,14,17). The van der Waals surface area contributed by atoms with Gasteiger partial charge in [0, 0.05) is 11.8 Å². The Morgan fingerprint density at radius 1 is 1.44 bits per heavy atom. The lowest BCUT2D eigenvalue weighted by molar-refractivity contribution is 0.608. The van der Waals surface area contributed by atoms with Crippen LogP contribution in [0.1, 0.15) is 13.3 Å². The van der Waals surface area contributed by atoms with Crippen LogP contribution in [0.15, 0.2) is 29.1 Å². The van der Waals surface area contributed by atoms with Crippen LogP contribution in [0.4, 0.5) is 0 Å². The number of para-hydroxylation sites is 1. The highest BCUT2D eigenvalue weighted by Crippen LogP contribution is 2.11. The molecular weight excluding hydrogens is 264 g/mol. The van der Waals surface area contributed by atoms with Crippen LogP contribution in [0, 0.1) is 4.77 Å². The summed E-state index contributed by atoms with van der Waals surface area (Å²) in [6.45, 7) is 2.82. The van der Waals surface area contributed by atoms with Gasteiger partial charge in [0.2, 0.25) is 0 Å². The first-order chi connectivity index (χ1) is 8.63. The summed E-state index contributed by atoms with van der Waals surface area (Å²) >= 11 is 7.06. The highest BCUT2D eigenvalue weighted by Gasteiger charge is 2.06. The second-order valence-corrected chi connectivity index (χ2v) is 5.93. The van der Waals surface area contributed by atoms with E-state index in [1.807, 2.05) is 24.3 Å². The third kappa shape index (κ3) is 2.67. The lowest BCUT2D eigenvalue weighted by atomic mass is 10.2. The van der Waals surface area contributed by atoms with Crippen molar-refractivity contribution in [2.45, 2.75) is 25.1 Å². The summed E-state index contributed by atoms with van der Waals surface area (Å²) in [7, 11) is 0. The number of nitrogens with zero attached hydrogens (tertiary/aromatic N) is 1. The maximum atomic E-state index is 12.3. The van der Waals surface area contributed by atoms with Crippen LogP contribution in [-0.4, -0.2) is 21.1 Å². The Morgan fingerprint density at radius 3 is 2.89 bits per heavy atom. The van der Waals surface area contributed by atoms with Crippen LogP contribution in [0.5, 0.6) is 0 Å². The van der Waals surface area contributed by atoms with E-state index in [9.17, 15) is 4.79 Å². The second-order valence-electron chi connectivity index (χ2n) is 4.27. The lowest BCUT2D eigenvalue weighted by Crippen LogP contribution is -2.23. The SMILES string of the molecule is CSC(C)CCn1c(=S)[nH]c2ccccc2c1=O. The molecule has 0 aliphatic carbocycles. The first kappa shape index (κ1) is 13.4. The van der Waals surface area contributed by atoms with Gasteiger partial charge in [-0.25, -0.2) is 0 Å². The summed E-state index contributed by atoms with van der Waals surface area (Å²) in [6.07, 6.45) is 3.02. The molecule has 1 atom stereocenters. The van der Waals surface area contributed by atoms with E-state index >= 15 is 0 Å². The highest BCUT2D eigenvalue weighted by atomic mass is 32.2. The van der Waals surface area contributed by atoms with Gasteiger partial charge >= 0.3 is 0 Å². The minimum Gasteiger partial charge on any atom is -0.332 e. The largest absolute Gasteiger partial charge is 0.332 e. The summed E-state index contributed by atoms with van der Waals surface area (Å²) in [5, 5.41) is 1.22. The maximum Gasteiger partial charge on any atom is 0.262 e. The molecule has 0 fully saturated rings. The fraction of sp³-hybridized carbons (Fsp3) is 0.385. The topological polar surface area (TPSA) is 37.8 Å². The summed E-state index contributed by atoms with van der Waals surface area (Å²) in [4.78, 5) is 15.4. The zero-order valence-corrected chi connectivity index (χ0v) is 12.1. The molecule has 0 aliphatic rings. The van der Waals surface area contributed by atoms with Crippen LogP contribution in [-0.2, 0) is 6.54 Å². The Bertz CT molecular complexity index is 660. The molecule has 0 spiro atoms. The van der Waals surface area contributed by atoms with Crippen molar-refractivity contribution in [1.82, 2.24) is 9.55 Å². The Morgan fingerprint density at radius 2 is 2.17 bits per heavy atom. The normalized spacial score (nSPS) is 12.8. The van der Waals surface area contributed by atoms with Gasteiger partial charge in [-0.3, -0.25) is 9.36 Å². The Kier molecular flexibility index (Phi) is 4.24. The molecule has 1 heterocycles. The van der Waals surface area contributed by atoms with Crippen molar-refractivity contribution in [2.75, 3.05) is 6.26 Å². The molecule has 0 saturated heterocycles. The number of aromatic nitrogens is 2. The molecule has 96 valence electrons. The van der Waals surface area contributed by atoms with Gasteiger partial charge in [0.1, 0.15) is 0 Å². The minimum atomic E-state index is 0.00246. The van der Waals surface area contributed by atoms with E-state index in [1.54, 1.807) is 16.3 Å². The first-order valence-electron chi connectivity index (χ1n) is 5.88. The van der Waals surface area contributed by atoms with Crippen LogP contribution in [0.25, 0.3) is 10.9 Å². The molecule has 2 rings (SSSR count). The predicted molar refractivity (Wildman–Crippen MR) is 81.0 cm³/mol. The molecule has 0 bridgehead atoms. The number of hydrogen-bond acceptors (Lipinski definition) is 3. The van der Waals surface area contributed by atoms with Crippen molar-refractivity contribution in [2.24, 2.45) is 0 Å². The van der Waals surface area contributed by atoms with Crippen LogP contribution in [0.2, 0.25) is 0 Å². The number of fused-ring (bicyclic) bond motifs is 1. The molecule has 3 nitrogen and oxygen atoms in total. The summed E-state index contributed by atoms with van der Waals surface area (Å²) in [5.41, 5.74) is 0.810. The number of hydrogen-bond donors (Lipinski definition) is 1. The fourth-order valence-corrected chi connectivity index (χ4v) is 2.46. The van der Waals surface area contributed by atoms with Crippen molar-refractivity contribution in [3.05, 3.63) is 39.4 Å². The number of H-pyrrole nitrogens is 1. The molecule has 0 amide bonds. The van der Waals surface area contributed by atoms with E-state index in [4.69, 9.17) is 12.2 Å². The highest BCUT2D eigenvalue weighted by molar-refractivity contribution is 7.99. The maximum absolute atomic E-state index is 12.3. The van der Waals surface area contributed by atoms with Gasteiger partial charge in [-0.05, 0) is 37.0 Å². The molecule has 18 heavy (non-hydrogen) atoms. The van der Waals surface area contributed by atoms with E-state index in [2.05, 4.69) is 18.2 Å². The second kappa shape index (κ2) is 5.71. The van der Waals surface area contributed by atoms with Gasteiger partial charge in [-0.2, -0.15) is 11.8 Å². The van der Waals surface area contributed by atoms with Crippen molar-refractivity contribution in [3.63, 3.8) is 0 Å². The molecule has 0 aliphatic heterocycles. The molecule has 0 radical (unpaired) electrons. The number of nitrogens with one attached hydrogen (secondary N) is 1. The van der Waals surface area contributed by atoms with Crippen molar-refractivity contribution in [3.8, 4) is 0 Å². The number of aromatic amines is 1. The fourth-order valence-electron chi connectivity index (χ4n) is 1.83. The summed E-state index contributed by atoms with van der Waals surface area (Å²) in [5.74, 6) is 0. The molecule has 5 heteroatoms. The monoisotopic (exact) mass is 280 g/mol. The summed E-state index contributed by atoms with van der Waals surface area (Å²) < 4.78 is 2.16. The molecule has 1 unspecified atom stereocenters. The minimum absolute atomic E-state index is 0.00246. The van der Waals surface area contributed by atoms with E-state index < -0.39 is 0 Å². The van der Waals surface area contributed by atoms with Crippen molar-refractivity contribution >= 4 is 34.9 Å². The number of benzene rings is 1. The van der Waals surface area contributed by atoms with Crippen LogP contribution in [0.3, 0.4) is 0 Å². The summed E-state index contributed by atoms with van der Waals surface area (Å²) in [6, 6.07) is 7.47. The van der Waals surface area contributed by atoms with Gasteiger partial charge < -0.3 is 4.98 Å². The van der Waals surface area contributed by atoms with E-state index in [0.29, 0.717) is 22.0 Å². The molecule has 1 N–H and O–H groups in total. The van der Waals surface area contributed by atoms with Crippen LogP contribution < -0.4 is 5.56 Å². The zero-order chi connectivity index (χ0) is 13.1. The smallest absolute Gasteiger partial charge is 0.262 e. The predicted octanol–water partition coefficient (Wildman–Crippen LogP) is 3.20. The molecule has 2 aromatic rings. The Hall–Kier alpha value is -1.07. The lowest BCUT2D eigenvalue weighted by Gasteiger charge is -2.11. The quantitative estimate of drug-likeness (QED) is 0.874. The molecule has 1 aromatic carbocycles. The van der Waals surface area contributed by atoms with E-state index in [-0.39, 0.29) is 5.56 Å². The number of rotatable bonds is 4. The zero-order valence-electron chi connectivity index (χ0n) is 10.5. The molecule has 0 saturated carbocycles. The van der Waals surface area contributed by atoms with Crippen molar-refractivity contribution in [1.29, 1.82) is 0 Å². The average molecular weight is 280 g/mol. The van der Waals surface area contributed by atoms with Crippen LogP contribution >= 0.6 is 24.0 Å². The molecular formula is C13H16N2OS2. The van der Waals surface area contributed by atoms with E-state index in [0.717, 1.165) is 11.9 Å². The van der Waals surface area contributed by atoms with Gasteiger partial charge in [-0.15, -0.1) is 0 Å². The third-order valence-corrected chi connectivity index (χ3v) is 4.41. The third-order valence-electron chi connectivity index (χ3n) is 3.05. The van der Waals surface area contributed by atoms with Gasteiger partial charge in [0.15, 0.2) is 4.77 Å². The number of thioether (sulfide) groups is 1. The van der Waals surface area contributed by atoms with Gasteiger partial charge in [0.05, 0.1) is 10.9 Å².